The van der Waals surface area contributed by atoms with Crippen LogP contribution in [0.25, 0.3) is 0 Å². The second-order valence-corrected chi connectivity index (χ2v) is 5.39. The van der Waals surface area contributed by atoms with Gasteiger partial charge in [0.05, 0.1) is 6.61 Å². The average Bonchev–Trinajstić information content (AvgIpc) is 2.79. The maximum absolute atomic E-state index is 11.4. The summed E-state index contributed by atoms with van der Waals surface area (Å²) in [6, 6.07) is -0.0302. The molecule has 1 aliphatic carbocycles. The van der Waals surface area contributed by atoms with Crippen molar-refractivity contribution in [3.63, 3.8) is 0 Å². The van der Waals surface area contributed by atoms with Gasteiger partial charge in [-0.2, -0.15) is 0 Å². The first-order valence-corrected chi connectivity index (χ1v) is 5.39. The van der Waals surface area contributed by atoms with E-state index in [-0.39, 0.29) is 18.1 Å². The Hall–Kier alpha value is -0.770. The first-order valence-electron chi connectivity index (χ1n) is 5.39. The standard InChI is InChI=1S/C11H21NO3/c1-8(11(7-13)5-6-11)12-9(14)15-10(2,3)4/h8,13H,5-7H2,1-4H3,(H,12,14)/t8-/m1/s1. The normalized spacial score (nSPS) is 20.6. The lowest BCUT2D eigenvalue weighted by atomic mass is 10.00. The quantitative estimate of drug-likeness (QED) is 0.753. The number of rotatable bonds is 3. The summed E-state index contributed by atoms with van der Waals surface area (Å²) in [6.45, 7) is 7.53. The zero-order valence-electron chi connectivity index (χ0n) is 9.96. The molecule has 2 N–H and O–H groups in total. The predicted molar refractivity (Wildman–Crippen MR) is 57.6 cm³/mol. The molecule has 1 rings (SSSR count). The lowest BCUT2D eigenvalue weighted by molar-refractivity contribution is 0.0468. The van der Waals surface area contributed by atoms with Crippen LogP contribution >= 0.6 is 0 Å². The molecular weight excluding hydrogens is 194 g/mol. The fourth-order valence-electron chi connectivity index (χ4n) is 1.53. The molecule has 0 aromatic rings. The highest BCUT2D eigenvalue weighted by atomic mass is 16.6. The molecule has 1 aliphatic rings. The van der Waals surface area contributed by atoms with E-state index in [1.54, 1.807) is 0 Å². The highest BCUT2D eigenvalue weighted by Gasteiger charge is 2.47. The van der Waals surface area contributed by atoms with Gasteiger partial charge in [-0.3, -0.25) is 0 Å². The lowest BCUT2D eigenvalue weighted by Crippen LogP contribution is -2.43. The van der Waals surface area contributed by atoms with E-state index in [2.05, 4.69) is 5.32 Å². The number of carbonyl (C=O) groups is 1. The van der Waals surface area contributed by atoms with Gasteiger partial charge < -0.3 is 15.2 Å². The summed E-state index contributed by atoms with van der Waals surface area (Å²) in [6.07, 6.45) is 1.54. The molecule has 4 heteroatoms. The van der Waals surface area contributed by atoms with E-state index in [0.717, 1.165) is 12.8 Å². The molecule has 1 saturated carbocycles. The third-order valence-electron chi connectivity index (χ3n) is 2.86. The van der Waals surface area contributed by atoms with Crippen LogP contribution in [-0.2, 0) is 4.74 Å². The van der Waals surface area contributed by atoms with Crippen LogP contribution in [0, 0.1) is 5.41 Å². The van der Waals surface area contributed by atoms with Crippen molar-refractivity contribution >= 4 is 6.09 Å². The van der Waals surface area contributed by atoms with Crippen LogP contribution in [0.1, 0.15) is 40.5 Å². The molecule has 1 fully saturated rings. The SMILES string of the molecule is C[C@@H](NC(=O)OC(C)(C)C)C1(CO)CC1. The maximum Gasteiger partial charge on any atom is 0.407 e. The van der Waals surface area contributed by atoms with Gasteiger partial charge in [-0.15, -0.1) is 0 Å². The van der Waals surface area contributed by atoms with E-state index in [4.69, 9.17) is 4.74 Å². The molecular formula is C11H21NO3. The molecule has 0 aliphatic heterocycles. The highest BCUT2D eigenvalue weighted by molar-refractivity contribution is 5.68. The Balaban J connectivity index is 2.39. The first-order chi connectivity index (χ1) is 6.79. The van der Waals surface area contributed by atoms with E-state index in [0.29, 0.717) is 0 Å². The number of aliphatic hydroxyl groups is 1. The Labute approximate surface area is 91.0 Å². The predicted octanol–water partition coefficient (Wildman–Crippen LogP) is 1.67. The maximum atomic E-state index is 11.4. The fraction of sp³-hybridized carbons (Fsp3) is 0.909. The van der Waals surface area contributed by atoms with E-state index >= 15 is 0 Å². The number of amides is 1. The van der Waals surface area contributed by atoms with E-state index in [9.17, 15) is 9.90 Å². The van der Waals surface area contributed by atoms with Gasteiger partial charge in [0.2, 0.25) is 0 Å². The van der Waals surface area contributed by atoms with Gasteiger partial charge in [0, 0.05) is 11.5 Å². The molecule has 0 saturated heterocycles. The van der Waals surface area contributed by atoms with Crippen LogP contribution in [0.4, 0.5) is 4.79 Å². The van der Waals surface area contributed by atoms with Crippen LogP contribution in [-0.4, -0.2) is 29.4 Å². The minimum atomic E-state index is -0.472. The highest BCUT2D eigenvalue weighted by Crippen LogP contribution is 2.48. The van der Waals surface area contributed by atoms with Gasteiger partial charge in [-0.05, 0) is 40.5 Å². The molecule has 0 radical (unpaired) electrons. The summed E-state index contributed by atoms with van der Waals surface area (Å²) in [5.74, 6) is 0. The molecule has 0 bridgehead atoms. The second-order valence-electron chi connectivity index (χ2n) is 5.39. The van der Waals surface area contributed by atoms with Crippen molar-refractivity contribution in [2.45, 2.75) is 52.2 Å². The summed E-state index contributed by atoms with van der Waals surface area (Å²) in [5.41, 5.74) is -0.573. The van der Waals surface area contributed by atoms with Crippen molar-refractivity contribution in [1.82, 2.24) is 5.32 Å². The number of ether oxygens (including phenoxy) is 1. The molecule has 88 valence electrons. The monoisotopic (exact) mass is 215 g/mol. The third kappa shape index (κ3) is 3.38. The second kappa shape index (κ2) is 4.00. The van der Waals surface area contributed by atoms with Gasteiger partial charge >= 0.3 is 6.09 Å². The molecule has 0 spiro atoms. The third-order valence-corrected chi connectivity index (χ3v) is 2.86. The van der Waals surface area contributed by atoms with Crippen LogP contribution in [0.15, 0.2) is 0 Å². The number of hydrogen-bond donors (Lipinski definition) is 2. The largest absolute Gasteiger partial charge is 0.444 e. The van der Waals surface area contributed by atoms with Gasteiger partial charge in [0.25, 0.3) is 0 Å². The van der Waals surface area contributed by atoms with Gasteiger partial charge in [-0.1, -0.05) is 0 Å². The summed E-state index contributed by atoms with van der Waals surface area (Å²) in [7, 11) is 0. The average molecular weight is 215 g/mol. The van der Waals surface area contributed by atoms with Crippen molar-refractivity contribution in [3.8, 4) is 0 Å². The van der Waals surface area contributed by atoms with Crippen LogP contribution < -0.4 is 5.32 Å². The number of aliphatic hydroxyl groups excluding tert-OH is 1. The topological polar surface area (TPSA) is 58.6 Å². The molecule has 0 aromatic heterocycles. The molecule has 0 unspecified atom stereocenters. The van der Waals surface area contributed by atoms with E-state index in [1.807, 2.05) is 27.7 Å². The van der Waals surface area contributed by atoms with Crippen molar-refractivity contribution < 1.29 is 14.6 Å². The zero-order valence-corrected chi connectivity index (χ0v) is 9.96. The van der Waals surface area contributed by atoms with Crippen molar-refractivity contribution in [3.05, 3.63) is 0 Å². The Morgan fingerprint density at radius 2 is 2.07 bits per heavy atom. The first kappa shape index (κ1) is 12.3. The molecule has 1 amide bonds. The van der Waals surface area contributed by atoms with Crippen LogP contribution in [0.2, 0.25) is 0 Å². The molecule has 1 atom stereocenters. The Bertz CT molecular complexity index is 241. The van der Waals surface area contributed by atoms with Crippen LogP contribution in [0.3, 0.4) is 0 Å². The fourth-order valence-corrected chi connectivity index (χ4v) is 1.53. The van der Waals surface area contributed by atoms with Crippen molar-refractivity contribution in [2.24, 2.45) is 5.41 Å². The summed E-state index contributed by atoms with van der Waals surface area (Å²) in [5, 5.41) is 11.9. The Morgan fingerprint density at radius 3 is 2.40 bits per heavy atom. The minimum Gasteiger partial charge on any atom is -0.444 e. The molecule has 4 nitrogen and oxygen atoms in total. The van der Waals surface area contributed by atoms with E-state index in [1.165, 1.54) is 0 Å². The molecule has 0 heterocycles. The summed E-state index contributed by atoms with van der Waals surface area (Å²) >= 11 is 0. The smallest absolute Gasteiger partial charge is 0.407 e. The van der Waals surface area contributed by atoms with Crippen molar-refractivity contribution in [1.29, 1.82) is 0 Å². The zero-order chi connectivity index (χ0) is 11.7. The number of nitrogens with one attached hydrogen (secondary N) is 1. The Kier molecular flexibility index (Phi) is 3.28. The Morgan fingerprint density at radius 1 is 1.53 bits per heavy atom. The van der Waals surface area contributed by atoms with Gasteiger partial charge in [0.15, 0.2) is 0 Å². The summed E-state index contributed by atoms with van der Waals surface area (Å²) in [4.78, 5) is 11.4. The van der Waals surface area contributed by atoms with Crippen LogP contribution in [0.5, 0.6) is 0 Å². The minimum absolute atomic E-state index is 0.0302. The van der Waals surface area contributed by atoms with Crippen molar-refractivity contribution in [2.75, 3.05) is 6.61 Å². The summed E-state index contributed by atoms with van der Waals surface area (Å²) < 4.78 is 5.14. The lowest BCUT2D eigenvalue weighted by Gasteiger charge is -2.25. The van der Waals surface area contributed by atoms with Gasteiger partial charge in [-0.25, -0.2) is 4.79 Å². The molecule has 0 aromatic carbocycles. The molecule has 15 heavy (non-hydrogen) atoms. The van der Waals surface area contributed by atoms with E-state index < -0.39 is 11.7 Å². The number of carbonyl (C=O) groups excluding carboxylic acids is 1. The van der Waals surface area contributed by atoms with Gasteiger partial charge in [0.1, 0.15) is 5.60 Å². The number of alkyl carbamates (subject to hydrolysis) is 1. The number of hydrogen-bond acceptors (Lipinski definition) is 3.